The average molecular weight is 289 g/mol. The van der Waals surface area contributed by atoms with Crippen LogP contribution in [0.5, 0.6) is 11.5 Å². The maximum Gasteiger partial charge on any atom is 0.323 e. The summed E-state index contributed by atoms with van der Waals surface area (Å²) in [7, 11) is 0. The van der Waals surface area contributed by atoms with Crippen LogP contribution >= 0.6 is 0 Å². The fourth-order valence-electron chi connectivity index (χ4n) is 1.84. The van der Waals surface area contributed by atoms with Gasteiger partial charge in [0.25, 0.3) is 0 Å². The lowest BCUT2D eigenvalue weighted by molar-refractivity contribution is -0.142. The average Bonchev–Trinajstić information content (AvgIpc) is 2.91. The molecule has 0 atom stereocenters. The van der Waals surface area contributed by atoms with Crippen LogP contribution in [0, 0.1) is 0 Å². The van der Waals surface area contributed by atoms with Gasteiger partial charge >= 0.3 is 5.97 Å². The zero-order chi connectivity index (χ0) is 15.2. The molecule has 6 heteroatoms. The van der Waals surface area contributed by atoms with Gasteiger partial charge < -0.3 is 19.5 Å². The summed E-state index contributed by atoms with van der Waals surface area (Å²) in [6.07, 6.45) is 4.40. The van der Waals surface area contributed by atoms with Crippen molar-refractivity contribution in [3.05, 3.63) is 42.5 Å². The number of amides is 1. The highest BCUT2D eigenvalue weighted by atomic mass is 16.7. The van der Waals surface area contributed by atoms with E-state index in [2.05, 4.69) is 6.58 Å². The van der Waals surface area contributed by atoms with Gasteiger partial charge in [0, 0.05) is 12.6 Å². The number of hydrogen-bond donors (Lipinski definition) is 1. The molecule has 1 N–H and O–H groups in total. The molecule has 0 aromatic heterocycles. The molecular formula is C15H15NO5. The molecule has 0 radical (unpaired) electrons. The first-order chi connectivity index (χ1) is 10.1. The van der Waals surface area contributed by atoms with Gasteiger partial charge in [-0.25, -0.2) is 0 Å². The van der Waals surface area contributed by atoms with Gasteiger partial charge in [-0.05, 0) is 23.8 Å². The molecular weight excluding hydrogens is 274 g/mol. The molecule has 110 valence electrons. The van der Waals surface area contributed by atoms with Crippen molar-refractivity contribution in [2.45, 2.75) is 0 Å². The predicted octanol–water partition coefficient (Wildman–Crippen LogP) is 1.53. The Morgan fingerprint density at radius 3 is 2.81 bits per heavy atom. The molecule has 1 amide bonds. The minimum absolute atomic E-state index is 0.177. The molecule has 0 saturated heterocycles. The number of carbonyl (C=O) groups excluding carboxylic acids is 1. The van der Waals surface area contributed by atoms with Gasteiger partial charge in [-0.2, -0.15) is 0 Å². The molecule has 2 rings (SSSR count). The molecule has 1 aromatic rings. The lowest BCUT2D eigenvalue weighted by Gasteiger charge is -2.16. The number of nitrogens with zero attached hydrogens (tertiary/aromatic N) is 1. The summed E-state index contributed by atoms with van der Waals surface area (Å²) >= 11 is 0. The van der Waals surface area contributed by atoms with E-state index in [1.54, 1.807) is 24.3 Å². The Balaban J connectivity index is 2.06. The Labute approximate surface area is 121 Å². The van der Waals surface area contributed by atoms with Crippen LogP contribution in [0.15, 0.2) is 36.9 Å². The summed E-state index contributed by atoms with van der Waals surface area (Å²) in [4.78, 5) is 23.8. The Morgan fingerprint density at radius 2 is 2.10 bits per heavy atom. The van der Waals surface area contributed by atoms with Crippen molar-refractivity contribution < 1.29 is 24.2 Å². The number of ether oxygens (including phenoxy) is 2. The van der Waals surface area contributed by atoms with E-state index in [1.807, 2.05) is 0 Å². The van der Waals surface area contributed by atoms with Crippen LogP contribution in [-0.4, -0.2) is 41.8 Å². The number of carboxylic acid groups (broad SMARTS) is 1. The first-order valence-corrected chi connectivity index (χ1v) is 6.29. The number of fused-ring (bicyclic) bond motifs is 1. The largest absolute Gasteiger partial charge is 0.480 e. The third-order valence-electron chi connectivity index (χ3n) is 2.80. The number of hydrogen-bond acceptors (Lipinski definition) is 4. The fraction of sp³-hybridized carbons (Fsp3) is 0.200. The maximum absolute atomic E-state index is 11.9. The highest BCUT2D eigenvalue weighted by molar-refractivity contribution is 5.93. The van der Waals surface area contributed by atoms with Crippen LogP contribution in [0.3, 0.4) is 0 Å². The second-order valence-corrected chi connectivity index (χ2v) is 4.35. The molecule has 0 unspecified atom stereocenters. The zero-order valence-electron chi connectivity index (χ0n) is 11.3. The second kappa shape index (κ2) is 6.60. The number of carbonyl (C=O) groups is 2. The summed E-state index contributed by atoms with van der Waals surface area (Å²) in [5, 5.41) is 8.77. The normalized spacial score (nSPS) is 12.4. The van der Waals surface area contributed by atoms with Gasteiger partial charge in [0.1, 0.15) is 6.54 Å². The lowest BCUT2D eigenvalue weighted by atomic mass is 10.2. The molecule has 0 saturated carbocycles. The Hall–Kier alpha value is -2.76. The van der Waals surface area contributed by atoms with E-state index >= 15 is 0 Å². The highest BCUT2D eigenvalue weighted by Gasteiger charge is 2.14. The molecule has 21 heavy (non-hydrogen) atoms. The van der Waals surface area contributed by atoms with Gasteiger partial charge in [0.15, 0.2) is 11.5 Å². The summed E-state index contributed by atoms with van der Waals surface area (Å²) in [5.41, 5.74) is 0.765. The van der Waals surface area contributed by atoms with E-state index in [0.29, 0.717) is 11.5 Å². The van der Waals surface area contributed by atoms with Crippen molar-refractivity contribution in [3.8, 4) is 11.5 Å². The van der Waals surface area contributed by atoms with Gasteiger partial charge in [0.2, 0.25) is 12.7 Å². The molecule has 1 aliphatic heterocycles. The SMILES string of the molecule is C=CCN(CC(=O)O)C(=O)C=Cc1ccc2c(c1)OCO2. The van der Waals surface area contributed by atoms with E-state index in [4.69, 9.17) is 14.6 Å². The third-order valence-corrected chi connectivity index (χ3v) is 2.80. The monoisotopic (exact) mass is 289 g/mol. The van der Waals surface area contributed by atoms with Crippen molar-refractivity contribution in [1.82, 2.24) is 4.90 Å². The van der Waals surface area contributed by atoms with Gasteiger partial charge in [-0.15, -0.1) is 6.58 Å². The number of carboxylic acids is 1. The van der Waals surface area contributed by atoms with Gasteiger partial charge in [-0.1, -0.05) is 12.1 Å². The van der Waals surface area contributed by atoms with Crippen LogP contribution in [0.25, 0.3) is 6.08 Å². The van der Waals surface area contributed by atoms with E-state index < -0.39 is 11.9 Å². The molecule has 0 fully saturated rings. The Bertz CT molecular complexity index is 594. The Morgan fingerprint density at radius 1 is 1.33 bits per heavy atom. The standard InChI is InChI=1S/C15H15NO5/c1-2-7-16(9-15(18)19)14(17)6-4-11-3-5-12-13(8-11)21-10-20-12/h2-6,8H,1,7,9-10H2,(H,18,19). The Kier molecular flexibility index (Phi) is 4.61. The lowest BCUT2D eigenvalue weighted by Crippen LogP contribution is -2.34. The molecule has 6 nitrogen and oxygen atoms in total. The van der Waals surface area contributed by atoms with Crippen LogP contribution in [0.4, 0.5) is 0 Å². The summed E-state index contributed by atoms with van der Waals surface area (Å²) in [6.45, 7) is 3.51. The van der Waals surface area contributed by atoms with Crippen LogP contribution in [-0.2, 0) is 9.59 Å². The molecule has 1 aromatic carbocycles. The number of rotatable bonds is 6. The van der Waals surface area contributed by atoms with Gasteiger partial charge in [0.05, 0.1) is 0 Å². The van der Waals surface area contributed by atoms with Crippen molar-refractivity contribution in [3.63, 3.8) is 0 Å². The van der Waals surface area contributed by atoms with Crippen LogP contribution in [0.2, 0.25) is 0 Å². The van der Waals surface area contributed by atoms with Crippen LogP contribution < -0.4 is 9.47 Å². The molecule has 1 aliphatic rings. The molecule has 0 bridgehead atoms. The minimum atomic E-state index is -1.07. The minimum Gasteiger partial charge on any atom is -0.480 e. The zero-order valence-corrected chi connectivity index (χ0v) is 11.3. The van der Waals surface area contributed by atoms with E-state index in [1.165, 1.54) is 17.1 Å². The fourth-order valence-corrected chi connectivity index (χ4v) is 1.84. The van der Waals surface area contributed by atoms with Crippen molar-refractivity contribution in [2.75, 3.05) is 19.9 Å². The molecule has 0 spiro atoms. The maximum atomic E-state index is 11.9. The second-order valence-electron chi connectivity index (χ2n) is 4.35. The molecule has 0 aliphatic carbocycles. The quantitative estimate of drug-likeness (QED) is 0.635. The summed E-state index contributed by atoms with van der Waals surface area (Å²) in [5.74, 6) is -0.174. The molecule has 1 heterocycles. The smallest absolute Gasteiger partial charge is 0.323 e. The van der Waals surface area contributed by atoms with Crippen molar-refractivity contribution in [1.29, 1.82) is 0 Å². The topological polar surface area (TPSA) is 76.1 Å². The first-order valence-electron chi connectivity index (χ1n) is 6.29. The van der Waals surface area contributed by atoms with Gasteiger partial charge in [-0.3, -0.25) is 9.59 Å². The number of aliphatic carboxylic acids is 1. The van der Waals surface area contributed by atoms with E-state index in [9.17, 15) is 9.59 Å². The highest BCUT2D eigenvalue weighted by Crippen LogP contribution is 2.32. The summed E-state index contributed by atoms with van der Waals surface area (Å²) in [6, 6.07) is 5.29. The number of benzene rings is 1. The van der Waals surface area contributed by atoms with E-state index in [-0.39, 0.29) is 19.9 Å². The summed E-state index contributed by atoms with van der Waals surface area (Å²) < 4.78 is 10.4. The van der Waals surface area contributed by atoms with Crippen molar-refractivity contribution >= 4 is 18.0 Å². The van der Waals surface area contributed by atoms with Crippen molar-refractivity contribution in [2.24, 2.45) is 0 Å². The first kappa shape index (κ1) is 14.6. The van der Waals surface area contributed by atoms with E-state index in [0.717, 1.165) is 5.56 Å². The van der Waals surface area contributed by atoms with Crippen LogP contribution in [0.1, 0.15) is 5.56 Å². The predicted molar refractivity (Wildman–Crippen MR) is 76.0 cm³/mol. The third kappa shape index (κ3) is 3.85.